The normalized spacial score (nSPS) is 28.3. The minimum atomic E-state index is -0.0919. The summed E-state index contributed by atoms with van der Waals surface area (Å²) in [7, 11) is 0. The molecule has 0 aromatic carbocycles. The summed E-state index contributed by atoms with van der Waals surface area (Å²) >= 11 is 0. The molecule has 2 rings (SSSR count). The fraction of sp³-hybridized carbons (Fsp3) is 0.682. The minimum Gasteiger partial charge on any atom is -0.343 e. The molecule has 0 amide bonds. The van der Waals surface area contributed by atoms with Crippen LogP contribution in [-0.4, -0.2) is 22.3 Å². The molecule has 2 heteroatoms. The van der Waals surface area contributed by atoms with Crippen LogP contribution in [0.2, 0.25) is 0 Å². The van der Waals surface area contributed by atoms with Crippen LogP contribution in [0.4, 0.5) is 0 Å². The Bertz CT molecular complexity index is 549. The van der Waals surface area contributed by atoms with Crippen LogP contribution in [0.1, 0.15) is 73.6 Å². The van der Waals surface area contributed by atoms with Crippen molar-refractivity contribution in [2.45, 2.75) is 85.4 Å². The molecule has 1 saturated carbocycles. The number of allylic oxidation sites excluding steroid dienone is 3. The van der Waals surface area contributed by atoms with Gasteiger partial charge >= 0.3 is 0 Å². The van der Waals surface area contributed by atoms with Gasteiger partial charge in [0, 0.05) is 6.04 Å². The molecule has 0 bridgehead atoms. The van der Waals surface area contributed by atoms with Crippen molar-refractivity contribution in [3.63, 3.8) is 0 Å². The third-order valence-electron chi connectivity index (χ3n) is 5.72. The fourth-order valence-electron chi connectivity index (χ4n) is 4.38. The van der Waals surface area contributed by atoms with Gasteiger partial charge in [0.15, 0.2) is 0 Å². The number of hydrogen-bond donors (Lipinski definition) is 0. The molecule has 0 saturated heterocycles. The topological polar surface area (TPSA) is 15.6 Å². The lowest BCUT2D eigenvalue weighted by atomic mass is 9.69. The van der Waals surface area contributed by atoms with Gasteiger partial charge in [-0.1, -0.05) is 53.0 Å². The molecule has 134 valence electrons. The van der Waals surface area contributed by atoms with Crippen molar-refractivity contribution in [1.82, 2.24) is 4.90 Å². The lowest BCUT2D eigenvalue weighted by Crippen LogP contribution is -2.49. The van der Waals surface area contributed by atoms with E-state index in [1.54, 1.807) is 0 Å². The average molecular weight is 329 g/mol. The van der Waals surface area contributed by atoms with Crippen molar-refractivity contribution in [1.29, 1.82) is 0 Å². The zero-order valence-electron chi connectivity index (χ0n) is 16.7. The third-order valence-corrected chi connectivity index (χ3v) is 5.72. The molecule has 1 aliphatic carbocycles. The summed E-state index contributed by atoms with van der Waals surface area (Å²) < 4.78 is 0. The van der Waals surface area contributed by atoms with Crippen LogP contribution < -0.4 is 0 Å². The summed E-state index contributed by atoms with van der Waals surface area (Å²) in [4.78, 5) is 7.69. The Labute approximate surface area is 149 Å². The zero-order chi connectivity index (χ0) is 18.1. The monoisotopic (exact) mass is 328 g/mol. The Morgan fingerprint density at radius 3 is 2.38 bits per heavy atom. The number of nitrogens with zero attached hydrogens (tertiary/aromatic N) is 2. The molecular formula is C22H36N2. The summed E-state index contributed by atoms with van der Waals surface area (Å²) in [5.41, 5.74) is 3.38. The molecule has 1 heterocycles. The third kappa shape index (κ3) is 3.53. The molecule has 1 fully saturated rings. The van der Waals surface area contributed by atoms with E-state index in [1.165, 1.54) is 12.8 Å². The van der Waals surface area contributed by atoms with Crippen LogP contribution in [0, 0.1) is 11.3 Å². The highest BCUT2D eigenvalue weighted by atomic mass is 15.4. The van der Waals surface area contributed by atoms with Crippen molar-refractivity contribution >= 4 is 5.71 Å². The van der Waals surface area contributed by atoms with Crippen LogP contribution in [0.25, 0.3) is 0 Å². The molecule has 0 aromatic rings. The van der Waals surface area contributed by atoms with Gasteiger partial charge in [-0.2, -0.15) is 0 Å². The fourth-order valence-corrected chi connectivity index (χ4v) is 4.38. The predicted molar refractivity (Wildman–Crippen MR) is 106 cm³/mol. The maximum Gasteiger partial charge on any atom is 0.133 e. The van der Waals surface area contributed by atoms with Crippen molar-refractivity contribution in [2.24, 2.45) is 16.3 Å². The standard InChI is InChI=1S/C22H36N2/c1-9-10-11-17(4)20-18(5)24(16(2)3)22(23-20)14-12-19(13-15-22)21(6,7)8/h10-11,16,19H,4-5,9,12-15H2,1-3,6-8H3. The maximum atomic E-state index is 5.22. The van der Waals surface area contributed by atoms with E-state index in [1.807, 2.05) is 0 Å². The highest BCUT2D eigenvalue weighted by molar-refractivity contribution is 6.14. The van der Waals surface area contributed by atoms with Crippen LogP contribution in [0.15, 0.2) is 41.6 Å². The number of hydrogen-bond acceptors (Lipinski definition) is 2. The van der Waals surface area contributed by atoms with E-state index in [0.717, 1.165) is 42.2 Å². The lowest BCUT2D eigenvalue weighted by Gasteiger charge is -2.47. The van der Waals surface area contributed by atoms with E-state index >= 15 is 0 Å². The molecule has 24 heavy (non-hydrogen) atoms. The van der Waals surface area contributed by atoms with Gasteiger partial charge in [-0.05, 0) is 62.9 Å². The molecule has 0 unspecified atom stereocenters. The lowest BCUT2D eigenvalue weighted by molar-refractivity contribution is 0.0400. The molecule has 1 aliphatic heterocycles. The maximum absolute atomic E-state index is 5.22. The summed E-state index contributed by atoms with van der Waals surface area (Å²) in [5.74, 6) is 0.785. The van der Waals surface area contributed by atoms with Crippen LogP contribution in [-0.2, 0) is 0 Å². The van der Waals surface area contributed by atoms with Gasteiger partial charge in [0.1, 0.15) is 5.66 Å². The smallest absolute Gasteiger partial charge is 0.133 e. The van der Waals surface area contributed by atoms with Crippen molar-refractivity contribution in [3.05, 3.63) is 36.6 Å². The molecule has 0 N–H and O–H groups in total. The molecular weight excluding hydrogens is 292 g/mol. The average Bonchev–Trinajstić information content (AvgIpc) is 2.77. The van der Waals surface area contributed by atoms with Crippen LogP contribution >= 0.6 is 0 Å². The second-order valence-electron chi connectivity index (χ2n) is 8.83. The van der Waals surface area contributed by atoms with Gasteiger partial charge in [0.25, 0.3) is 0 Å². The quantitative estimate of drug-likeness (QED) is 0.568. The first-order valence-corrected chi connectivity index (χ1v) is 9.56. The Kier molecular flexibility index (Phi) is 5.47. The Morgan fingerprint density at radius 2 is 1.92 bits per heavy atom. The Balaban J connectivity index is 2.29. The molecule has 0 atom stereocenters. The van der Waals surface area contributed by atoms with E-state index in [4.69, 9.17) is 4.99 Å². The summed E-state index contributed by atoms with van der Waals surface area (Å²) in [5, 5.41) is 0. The first kappa shape index (κ1) is 19.0. The van der Waals surface area contributed by atoms with Gasteiger partial charge in [0.05, 0.1) is 11.4 Å². The van der Waals surface area contributed by atoms with Crippen molar-refractivity contribution in [3.8, 4) is 0 Å². The zero-order valence-corrected chi connectivity index (χ0v) is 16.7. The Morgan fingerprint density at radius 1 is 1.33 bits per heavy atom. The van der Waals surface area contributed by atoms with Gasteiger partial charge in [-0.3, -0.25) is 4.99 Å². The van der Waals surface area contributed by atoms with Crippen molar-refractivity contribution in [2.75, 3.05) is 0 Å². The molecule has 0 radical (unpaired) electrons. The van der Waals surface area contributed by atoms with E-state index in [2.05, 4.69) is 71.8 Å². The van der Waals surface area contributed by atoms with Gasteiger partial charge < -0.3 is 4.90 Å². The summed E-state index contributed by atoms with van der Waals surface area (Å²) in [6.45, 7) is 22.4. The van der Waals surface area contributed by atoms with Crippen LogP contribution in [0.5, 0.6) is 0 Å². The van der Waals surface area contributed by atoms with Gasteiger partial charge in [0.2, 0.25) is 0 Å². The Hall–Kier alpha value is -1.31. The van der Waals surface area contributed by atoms with Crippen LogP contribution in [0.3, 0.4) is 0 Å². The van der Waals surface area contributed by atoms with Gasteiger partial charge in [-0.25, -0.2) is 0 Å². The second-order valence-corrected chi connectivity index (χ2v) is 8.83. The van der Waals surface area contributed by atoms with E-state index < -0.39 is 0 Å². The van der Waals surface area contributed by atoms with Crippen molar-refractivity contribution < 1.29 is 0 Å². The van der Waals surface area contributed by atoms with E-state index in [9.17, 15) is 0 Å². The number of aliphatic imine (C=N–C) groups is 1. The SMILES string of the molecule is C=C(C=CCC)C1=NC2(CCC(C(C)(C)C)CC2)N(C(C)C)C1=C. The molecule has 2 nitrogen and oxygen atoms in total. The largest absolute Gasteiger partial charge is 0.343 e. The minimum absolute atomic E-state index is 0.0919. The van der Waals surface area contributed by atoms with E-state index in [-0.39, 0.29) is 5.66 Å². The second kappa shape index (κ2) is 6.90. The predicted octanol–water partition coefficient (Wildman–Crippen LogP) is 6.12. The summed E-state index contributed by atoms with van der Waals surface area (Å²) in [6, 6.07) is 0.410. The molecule has 2 aliphatic rings. The highest BCUT2D eigenvalue weighted by Crippen LogP contribution is 2.48. The number of rotatable bonds is 4. The first-order valence-electron chi connectivity index (χ1n) is 9.56. The first-order chi connectivity index (χ1) is 11.1. The van der Waals surface area contributed by atoms with Gasteiger partial charge in [-0.15, -0.1) is 0 Å². The van der Waals surface area contributed by atoms with E-state index in [0.29, 0.717) is 11.5 Å². The highest BCUT2D eigenvalue weighted by Gasteiger charge is 2.48. The summed E-state index contributed by atoms with van der Waals surface area (Å²) in [6.07, 6.45) is 10.0. The molecule has 0 aromatic heterocycles. The molecule has 1 spiro atoms.